The van der Waals surface area contributed by atoms with E-state index in [0.29, 0.717) is 5.92 Å². The second-order valence-electron chi connectivity index (χ2n) is 7.63. The van der Waals surface area contributed by atoms with Gasteiger partial charge >= 0.3 is 0 Å². The van der Waals surface area contributed by atoms with Crippen LogP contribution in [0.15, 0.2) is 78.3 Å². The Labute approximate surface area is 170 Å². The predicted octanol–water partition coefficient (Wildman–Crippen LogP) is 7.36. The topological polar surface area (TPSA) is 12.9 Å². The van der Waals surface area contributed by atoms with Crippen molar-refractivity contribution in [2.75, 3.05) is 0 Å². The van der Waals surface area contributed by atoms with Gasteiger partial charge in [0, 0.05) is 0 Å². The van der Waals surface area contributed by atoms with E-state index in [2.05, 4.69) is 84.7 Å². The summed E-state index contributed by atoms with van der Waals surface area (Å²) in [6.45, 7) is 2.24. The van der Waals surface area contributed by atoms with Crippen molar-refractivity contribution in [3.63, 3.8) is 0 Å². The third kappa shape index (κ3) is 3.08. The summed E-state index contributed by atoms with van der Waals surface area (Å²) in [5.74, 6) is 0.627. The Morgan fingerprint density at radius 1 is 0.893 bits per heavy atom. The van der Waals surface area contributed by atoms with Crippen molar-refractivity contribution in [1.29, 1.82) is 0 Å². The number of benzene rings is 3. The summed E-state index contributed by atoms with van der Waals surface area (Å²) in [5, 5.41) is 0. The van der Waals surface area contributed by atoms with Crippen molar-refractivity contribution in [2.24, 2.45) is 5.92 Å². The SMILES string of the molecule is Cc1ccccc1/C(=C(\c1ccccc1)c1ccc2scnc2c1)C1CCC1. The van der Waals surface area contributed by atoms with E-state index < -0.39 is 0 Å². The number of hydrogen-bond acceptors (Lipinski definition) is 2. The second-order valence-corrected chi connectivity index (χ2v) is 8.52. The number of hydrogen-bond donors (Lipinski definition) is 0. The van der Waals surface area contributed by atoms with Gasteiger partial charge in [-0.15, -0.1) is 11.3 Å². The maximum absolute atomic E-state index is 4.58. The van der Waals surface area contributed by atoms with E-state index in [0.717, 1.165) is 5.52 Å². The van der Waals surface area contributed by atoms with E-state index in [1.165, 1.54) is 57.4 Å². The van der Waals surface area contributed by atoms with Crippen molar-refractivity contribution in [3.8, 4) is 0 Å². The average Bonchev–Trinajstić information content (AvgIpc) is 3.15. The van der Waals surface area contributed by atoms with E-state index in [1.807, 2.05) is 5.51 Å². The Kier molecular flexibility index (Phi) is 4.58. The van der Waals surface area contributed by atoms with Crippen LogP contribution in [0.2, 0.25) is 0 Å². The lowest BCUT2D eigenvalue weighted by Gasteiger charge is -2.32. The fraction of sp³-hybridized carbons (Fsp3) is 0.192. The Morgan fingerprint density at radius 3 is 2.43 bits per heavy atom. The van der Waals surface area contributed by atoms with Gasteiger partial charge in [-0.1, -0.05) is 67.1 Å². The molecule has 1 saturated carbocycles. The smallest absolute Gasteiger partial charge is 0.0818 e. The number of allylic oxidation sites excluding steroid dienone is 1. The summed E-state index contributed by atoms with van der Waals surface area (Å²) in [5.41, 5.74) is 11.2. The van der Waals surface area contributed by atoms with Crippen LogP contribution in [0.5, 0.6) is 0 Å². The zero-order chi connectivity index (χ0) is 18.9. The maximum Gasteiger partial charge on any atom is 0.0818 e. The molecule has 5 rings (SSSR count). The zero-order valence-electron chi connectivity index (χ0n) is 16.1. The quantitative estimate of drug-likeness (QED) is 0.336. The van der Waals surface area contributed by atoms with Crippen LogP contribution in [0.4, 0.5) is 0 Å². The second kappa shape index (κ2) is 7.37. The maximum atomic E-state index is 4.58. The molecule has 0 saturated heterocycles. The molecule has 0 amide bonds. The van der Waals surface area contributed by atoms with Gasteiger partial charge in [-0.05, 0) is 71.2 Å². The molecule has 1 aliphatic rings. The minimum atomic E-state index is 0.627. The van der Waals surface area contributed by atoms with Gasteiger partial charge in [0.1, 0.15) is 0 Å². The molecule has 0 aliphatic heterocycles. The first-order valence-electron chi connectivity index (χ1n) is 10.0. The molecule has 1 aromatic heterocycles. The van der Waals surface area contributed by atoms with Crippen LogP contribution in [0.25, 0.3) is 21.4 Å². The molecule has 1 aliphatic carbocycles. The molecule has 28 heavy (non-hydrogen) atoms. The van der Waals surface area contributed by atoms with Crippen LogP contribution in [-0.4, -0.2) is 4.98 Å². The van der Waals surface area contributed by atoms with E-state index >= 15 is 0 Å². The molecule has 0 atom stereocenters. The molecular weight excluding hydrogens is 358 g/mol. The third-order valence-corrected chi connectivity index (χ3v) is 6.71. The number of thiazole rings is 1. The number of rotatable bonds is 4. The van der Waals surface area contributed by atoms with Crippen molar-refractivity contribution >= 4 is 32.7 Å². The minimum absolute atomic E-state index is 0.627. The largest absolute Gasteiger partial charge is 0.245 e. The molecule has 0 unspecified atom stereocenters. The first kappa shape index (κ1) is 17.4. The number of nitrogens with zero attached hydrogens (tertiary/aromatic N) is 1. The number of aryl methyl sites for hydroxylation is 1. The summed E-state index contributed by atoms with van der Waals surface area (Å²) < 4.78 is 1.25. The van der Waals surface area contributed by atoms with Gasteiger partial charge in [0.25, 0.3) is 0 Å². The van der Waals surface area contributed by atoms with E-state index in [1.54, 1.807) is 11.3 Å². The summed E-state index contributed by atoms with van der Waals surface area (Å²) in [6, 6.07) is 26.5. The molecule has 1 nitrogen and oxygen atoms in total. The molecule has 138 valence electrons. The molecule has 0 bridgehead atoms. The molecule has 0 radical (unpaired) electrons. The highest BCUT2D eigenvalue weighted by molar-refractivity contribution is 7.16. The van der Waals surface area contributed by atoms with Crippen molar-refractivity contribution < 1.29 is 0 Å². The fourth-order valence-corrected chi connectivity index (χ4v) is 4.89. The lowest BCUT2D eigenvalue weighted by Crippen LogP contribution is -2.15. The Balaban J connectivity index is 1.83. The molecular formula is C26H23NS. The first-order valence-corrected chi connectivity index (χ1v) is 10.9. The molecule has 0 N–H and O–H groups in total. The van der Waals surface area contributed by atoms with Gasteiger partial charge in [0.15, 0.2) is 0 Å². The van der Waals surface area contributed by atoms with Gasteiger partial charge in [0.05, 0.1) is 15.7 Å². The number of aromatic nitrogens is 1. The summed E-state index contributed by atoms with van der Waals surface area (Å²) in [4.78, 5) is 4.58. The van der Waals surface area contributed by atoms with Gasteiger partial charge in [-0.3, -0.25) is 0 Å². The minimum Gasteiger partial charge on any atom is -0.245 e. The van der Waals surface area contributed by atoms with Crippen LogP contribution >= 0.6 is 11.3 Å². The predicted molar refractivity (Wildman–Crippen MR) is 120 cm³/mol. The average molecular weight is 382 g/mol. The van der Waals surface area contributed by atoms with Crippen molar-refractivity contribution in [2.45, 2.75) is 26.2 Å². The summed E-state index contributed by atoms with van der Waals surface area (Å²) in [7, 11) is 0. The van der Waals surface area contributed by atoms with Gasteiger partial charge in [-0.2, -0.15) is 0 Å². The molecule has 3 aromatic carbocycles. The highest BCUT2D eigenvalue weighted by atomic mass is 32.1. The standard InChI is InChI=1S/C26H23NS/c1-18-8-5-6-13-22(18)26(20-11-7-12-20)25(19-9-3-2-4-10-19)21-14-15-24-23(16-21)27-17-28-24/h2-6,8-10,13-17,20H,7,11-12H2,1H3/b26-25+. The molecule has 0 spiro atoms. The van der Waals surface area contributed by atoms with E-state index in [9.17, 15) is 0 Å². The Hall–Kier alpha value is -2.71. The van der Waals surface area contributed by atoms with E-state index in [-0.39, 0.29) is 0 Å². The van der Waals surface area contributed by atoms with E-state index in [4.69, 9.17) is 0 Å². The van der Waals surface area contributed by atoms with Gasteiger partial charge < -0.3 is 0 Å². The fourth-order valence-electron chi connectivity index (χ4n) is 4.23. The molecule has 1 fully saturated rings. The first-order chi connectivity index (χ1) is 13.8. The monoisotopic (exact) mass is 381 g/mol. The highest BCUT2D eigenvalue weighted by Gasteiger charge is 2.28. The van der Waals surface area contributed by atoms with Gasteiger partial charge in [0.2, 0.25) is 0 Å². The van der Waals surface area contributed by atoms with Crippen LogP contribution < -0.4 is 0 Å². The lowest BCUT2D eigenvalue weighted by molar-refractivity contribution is 0.401. The Bertz CT molecular complexity index is 1150. The normalized spacial score (nSPS) is 15.3. The summed E-state index contributed by atoms with van der Waals surface area (Å²) >= 11 is 1.71. The van der Waals surface area contributed by atoms with Crippen LogP contribution in [0.1, 0.15) is 41.5 Å². The van der Waals surface area contributed by atoms with Crippen molar-refractivity contribution in [1.82, 2.24) is 4.98 Å². The number of fused-ring (bicyclic) bond motifs is 1. The van der Waals surface area contributed by atoms with Crippen LogP contribution in [0.3, 0.4) is 0 Å². The summed E-state index contributed by atoms with van der Waals surface area (Å²) in [6.07, 6.45) is 3.88. The Morgan fingerprint density at radius 2 is 1.68 bits per heavy atom. The van der Waals surface area contributed by atoms with Crippen LogP contribution in [0, 0.1) is 12.8 Å². The molecule has 4 aromatic rings. The van der Waals surface area contributed by atoms with Crippen LogP contribution in [-0.2, 0) is 0 Å². The zero-order valence-corrected chi connectivity index (χ0v) is 16.9. The lowest BCUT2D eigenvalue weighted by atomic mass is 9.72. The molecule has 2 heteroatoms. The van der Waals surface area contributed by atoms with Crippen molar-refractivity contribution in [3.05, 3.63) is 101 Å². The molecule has 1 heterocycles. The highest BCUT2D eigenvalue weighted by Crippen LogP contribution is 2.46. The third-order valence-electron chi connectivity index (χ3n) is 5.90. The van der Waals surface area contributed by atoms with Gasteiger partial charge in [-0.25, -0.2) is 4.98 Å².